The second-order valence-corrected chi connectivity index (χ2v) is 4.89. The molecule has 0 saturated carbocycles. The molecule has 6 nitrogen and oxygen atoms in total. The normalized spacial score (nSPS) is 10.1. The lowest BCUT2D eigenvalue weighted by Gasteiger charge is -2.12. The van der Waals surface area contributed by atoms with Crippen molar-refractivity contribution in [1.82, 2.24) is 0 Å². The van der Waals surface area contributed by atoms with E-state index in [4.69, 9.17) is 18.9 Å². The second kappa shape index (κ2) is 8.79. The van der Waals surface area contributed by atoms with E-state index in [9.17, 15) is 4.79 Å². The standard InChI is InChI=1S/C18H21NO5/c1-21-9-10-24-15-6-4-5-13(11-15)19-18(20)16-8-7-14(22-2)12-17(16)23-3/h4-8,11-12H,9-10H2,1-3H3,(H,19,20). The van der Waals surface area contributed by atoms with Crippen LogP contribution in [-0.4, -0.2) is 40.5 Å². The van der Waals surface area contributed by atoms with Crippen LogP contribution in [0.5, 0.6) is 17.2 Å². The third kappa shape index (κ3) is 4.63. The van der Waals surface area contributed by atoms with Gasteiger partial charge in [-0.15, -0.1) is 0 Å². The van der Waals surface area contributed by atoms with Crippen LogP contribution in [0.3, 0.4) is 0 Å². The molecule has 0 aliphatic carbocycles. The van der Waals surface area contributed by atoms with E-state index in [0.29, 0.717) is 41.7 Å². The monoisotopic (exact) mass is 331 g/mol. The van der Waals surface area contributed by atoms with E-state index >= 15 is 0 Å². The maximum absolute atomic E-state index is 12.5. The number of nitrogens with one attached hydrogen (secondary N) is 1. The van der Waals surface area contributed by atoms with Gasteiger partial charge in [-0.3, -0.25) is 4.79 Å². The summed E-state index contributed by atoms with van der Waals surface area (Å²) in [6.07, 6.45) is 0. The first kappa shape index (κ1) is 17.6. The minimum Gasteiger partial charge on any atom is -0.497 e. The number of amides is 1. The van der Waals surface area contributed by atoms with E-state index in [0.717, 1.165) is 0 Å². The van der Waals surface area contributed by atoms with Crippen molar-refractivity contribution in [2.24, 2.45) is 0 Å². The number of methoxy groups -OCH3 is 3. The van der Waals surface area contributed by atoms with Gasteiger partial charge in [-0.2, -0.15) is 0 Å². The number of hydrogen-bond acceptors (Lipinski definition) is 5. The van der Waals surface area contributed by atoms with Crippen molar-refractivity contribution in [3.63, 3.8) is 0 Å². The lowest BCUT2D eigenvalue weighted by molar-refractivity contribution is 0.102. The molecule has 0 saturated heterocycles. The Balaban J connectivity index is 2.10. The molecular formula is C18H21NO5. The summed E-state index contributed by atoms with van der Waals surface area (Å²) in [6.45, 7) is 0.944. The maximum Gasteiger partial charge on any atom is 0.259 e. The molecule has 2 rings (SSSR count). The first-order chi connectivity index (χ1) is 11.7. The van der Waals surface area contributed by atoms with Crippen molar-refractivity contribution in [3.8, 4) is 17.2 Å². The fourth-order valence-corrected chi connectivity index (χ4v) is 2.09. The fraction of sp³-hybridized carbons (Fsp3) is 0.278. The second-order valence-electron chi connectivity index (χ2n) is 4.89. The molecule has 0 fully saturated rings. The number of rotatable bonds is 8. The first-order valence-corrected chi connectivity index (χ1v) is 7.43. The highest BCUT2D eigenvalue weighted by Gasteiger charge is 2.13. The topological polar surface area (TPSA) is 66.0 Å². The van der Waals surface area contributed by atoms with Crippen LogP contribution in [0.4, 0.5) is 5.69 Å². The molecule has 0 aliphatic rings. The van der Waals surface area contributed by atoms with E-state index in [2.05, 4.69) is 5.32 Å². The van der Waals surface area contributed by atoms with Crippen LogP contribution in [-0.2, 0) is 4.74 Å². The Labute approximate surface area is 141 Å². The Bertz CT molecular complexity index is 687. The van der Waals surface area contributed by atoms with E-state index in [1.54, 1.807) is 44.6 Å². The van der Waals surface area contributed by atoms with Gasteiger partial charge in [0.25, 0.3) is 5.91 Å². The molecular weight excluding hydrogens is 310 g/mol. The Hall–Kier alpha value is -2.73. The third-order valence-corrected chi connectivity index (χ3v) is 3.30. The van der Waals surface area contributed by atoms with Gasteiger partial charge >= 0.3 is 0 Å². The summed E-state index contributed by atoms with van der Waals surface area (Å²) in [7, 11) is 4.68. The van der Waals surface area contributed by atoms with Gasteiger partial charge in [0.2, 0.25) is 0 Å². The van der Waals surface area contributed by atoms with Crippen LogP contribution in [0.2, 0.25) is 0 Å². The molecule has 1 amide bonds. The predicted molar refractivity (Wildman–Crippen MR) is 91.3 cm³/mol. The van der Waals surface area contributed by atoms with Crippen LogP contribution < -0.4 is 19.5 Å². The number of carbonyl (C=O) groups excluding carboxylic acids is 1. The zero-order valence-corrected chi connectivity index (χ0v) is 14.0. The lowest BCUT2D eigenvalue weighted by Crippen LogP contribution is -2.13. The van der Waals surface area contributed by atoms with Gasteiger partial charge in [0.05, 0.1) is 26.4 Å². The average molecular weight is 331 g/mol. The van der Waals surface area contributed by atoms with Gasteiger partial charge in [0.1, 0.15) is 23.9 Å². The van der Waals surface area contributed by atoms with E-state index < -0.39 is 0 Å². The SMILES string of the molecule is COCCOc1cccc(NC(=O)c2ccc(OC)cc2OC)c1. The maximum atomic E-state index is 12.5. The number of ether oxygens (including phenoxy) is 4. The zero-order valence-electron chi connectivity index (χ0n) is 14.0. The Morgan fingerprint density at radius 3 is 2.50 bits per heavy atom. The summed E-state index contributed by atoms with van der Waals surface area (Å²) >= 11 is 0. The van der Waals surface area contributed by atoms with Gasteiger partial charge in [-0.25, -0.2) is 0 Å². The molecule has 0 bridgehead atoms. The van der Waals surface area contributed by atoms with Crippen LogP contribution in [0.25, 0.3) is 0 Å². The first-order valence-electron chi connectivity index (χ1n) is 7.43. The molecule has 0 aliphatic heterocycles. The van der Waals surface area contributed by atoms with Crippen molar-refractivity contribution in [3.05, 3.63) is 48.0 Å². The molecule has 6 heteroatoms. The van der Waals surface area contributed by atoms with Gasteiger partial charge < -0.3 is 24.3 Å². The van der Waals surface area contributed by atoms with Crippen LogP contribution in [0.1, 0.15) is 10.4 Å². The summed E-state index contributed by atoms with van der Waals surface area (Å²) in [5.41, 5.74) is 1.05. The zero-order chi connectivity index (χ0) is 17.4. The average Bonchev–Trinajstić information content (AvgIpc) is 2.61. The molecule has 0 heterocycles. The number of carbonyl (C=O) groups is 1. The molecule has 0 aromatic heterocycles. The molecule has 24 heavy (non-hydrogen) atoms. The highest BCUT2D eigenvalue weighted by molar-refractivity contribution is 6.06. The largest absolute Gasteiger partial charge is 0.497 e. The molecule has 2 aromatic carbocycles. The van der Waals surface area contributed by atoms with Crippen molar-refractivity contribution in [1.29, 1.82) is 0 Å². The van der Waals surface area contributed by atoms with E-state index in [1.807, 2.05) is 12.1 Å². The van der Waals surface area contributed by atoms with Gasteiger partial charge in [-0.1, -0.05) is 6.07 Å². The summed E-state index contributed by atoms with van der Waals surface area (Å²) in [5, 5.41) is 2.83. The molecule has 0 spiro atoms. The Morgan fingerprint density at radius 2 is 1.79 bits per heavy atom. The van der Waals surface area contributed by atoms with E-state index in [-0.39, 0.29) is 5.91 Å². The summed E-state index contributed by atoms with van der Waals surface area (Å²) < 4.78 is 20.9. The van der Waals surface area contributed by atoms with Crippen LogP contribution >= 0.6 is 0 Å². The highest BCUT2D eigenvalue weighted by Crippen LogP contribution is 2.26. The quantitative estimate of drug-likeness (QED) is 0.753. The van der Waals surface area contributed by atoms with Crippen LogP contribution in [0, 0.1) is 0 Å². The van der Waals surface area contributed by atoms with Gasteiger partial charge in [-0.05, 0) is 24.3 Å². The van der Waals surface area contributed by atoms with E-state index in [1.165, 1.54) is 7.11 Å². The lowest BCUT2D eigenvalue weighted by atomic mass is 10.1. The Kier molecular flexibility index (Phi) is 6.45. The molecule has 0 radical (unpaired) electrons. The summed E-state index contributed by atoms with van der Waals surface area (Å²) in [6, 6.07) is 12.2. The van der Waals surface area contributed by atoms with Crippen molar-refractivity contribution in [2.45, 2.75) is 0 Å². The molecule has 1 N–H and O–H groups in total. The highest BCUT2D eigenvalue weighted by atomic mass is 16.5. The fourth-order valence-electron chi connectivity index (χ4n) is 2.09. The summed E-state index contributed by atoms with van der Waals surface area (Å²) in [4.78, 5) is 12.5. The summed E-state index contributed by atoms with van der Waals surface area (Å²) in [5.74, 6) is 1.45. The number of benzene rings is 2. The smallest absolute Gasteiger partial charge is 0.259 e. The van der Waals surface area contributed by atoms with Gasteiger partial charge in [0.15, 0.2) is 0 Å². The minimum atomic E-state index is -0.274. The predicted octanol–water partition coefficient (Wildman–Crippen LogP) is 2.98. The van der Waals surface area contributed by atoms with Crippen molar-refractivity contribution >= 4 is 11.6 Å². The van der Waals surface area contributed by atoms with Crippen molar-refractivity contribution < 1.29 is 23.7 Å². The van der Waals surface area contributed by atoms with Crippen LogP contribution in [0.15, 0.2) is 42.5 Å². The third-order valence-electron chi connectivity index (χ3n) is 3.30. The Morgan fingerprint density at radius 1 is 0.958 bits per heavy atom. The number of hydrogen-bond donors (Lipinski definition) is 1. The molecule has 0 atom stereocenters. The number of anilines is 1. The molecule has 0 unspecified atom stereocenters. The van der Waals surface area contributed by atoms with Gasteiger partial charge in [0, 0.05) is 24.9 Å². The minimum absolute atomic E-state index is 0.274. The van der Waals surface area contributed by atoms with Crippen molar-refractivity contribution in [2.75, 3.05) is 39.9 Å². The molecule has 128 valence electrons. The molecule has 2 aromatic rings.